The van der Waals surface area contributed by atoms with E-state index in [1.54, 1.807) is 36.4 Å². The Morgan fingerprint density at radius 2 is 1.38 bits per heavy atom. The van der Waals surface area contributed by atoms with Crippen LogP contribution in [0.2, 0.25) is 0 Å². The monoisotopic (exact) mass is 888 g/mol. The van der Waals surface area contributed by atoms with E-state index in [0.29, 0.717) is 23.5 Å². The molecule has 0 radical (unpaired) electrons. The molecule has 1 unspecified atom stereocenters. The van der Waals surface area contributed by atoms with Crippen molar-refractivity contribution in [3.05, 3.63) is 95.6 Å². The number of hydrogen-bond donors (Lipinski definition) is 1. The number of ether oxygens (including phenoxy) is 10. The third-order valence-electron chi connectivity index (χ3n) is 11.1. The van der Waals surface area contributed by atoms with E-state index >= 15 is 0 Å². The van der Waals surface area contributed by atoms with Crippen LogP contribution in [0.4, 0.5) is 0 Å². The van der Waals surface area contributed by atoms with Crippen molar-refractivity contribution in [1.82, 2.24) is 10.2 Å². The molecule has 3 saturated heterocycles. The van der Waals surface area contributed by atoms with Gasteiger partial charge < -0.3 is 52.7 Å². The first-order valence-electron chi connectivity index (χ1n) is 21.2. The van der Waals surface area contributed by atoms with Crippen molar-refractivity contribution >= 4 is 35.6 Å². The summed E-state index contributed by atoms with van der Waals surface area (Å²) in [6.07, 6.45) is -9.54. The van der Waals surface area contributed by atoms with Crippen molar-refractivity contribution in [2.45, 2.75) is 121 Å². The molecule has 0 aromatic heterocycles. The van der Waals surface area contributed by atoms with Crippen LogP contribution in [0, 0.1) is 0 Å². The van der Waals surface area contributed by atoms with E-state index in [0.717, 1.165) is 38.5 Å². The van der Waals surface area contributed by atoms with Gasteiger partial charge in [-0.2, -0.15) is 0 Å². The van der Waals surface area contributed by atoms with E-state index < -0.39 is 104 Å². The molecule has 0 aliphatic carbocycles. The second kappa shape index (κ2) is 20.7. The first-order chi connectivity index (χ1) is 30.9. The zero-order chi connectivity index (χ0) is 45.5. The lowest BCUT2D eigenvalue weighted by atomic mass is 9.92. The number of benzene rings is 3. The number of imide groups is 1. The average Bonchev–Trinajstić information content (AvgIpc) is 3.53. The molecule has 4 aliphatic heterocycles. The minimum absolute atomic E-state index is 0.0449. The molecule has 3 aromatic rings. The maximum atomic E-state index is 14.4. The number of methoxy groups -OCH3 is 1. The Hall–Kier alpha value is -5.92. The number of amides is 3. The van der Waals surface area contributed by atoms with Crippen LogP contribution in [-0.2, 0) is 57.1 Å². The maximum Gasteiger partial charge on any atom is 0.303 e. The van der Waals surface area contributed by atoms with Gasteiger partial charge in [0.05, 0.1) is 24.8 Å². The fraction of sp³-hybridized carbons (Fsp3) is 0.478. The lowest BCUT2D eigenvalue weighted by molar-refractivity contribution is -0.366. The third kappa shape index (κ3) is 10.4. The van der Waals surface area contributed by atoms with Gasteiger partial charge in [0.2, 0.25) is 12.2 Å². The molecule has 1 N–H and O–H groups in total. The van der Waals surface area contributed by atoms with Crippen LogP contribution in [0.3, 0.4) is 0 Å². The summed E-state index contributed by atoms with van der Waals surface area (Å²) in [6.45, 7) is 4.80. The zero-order valence-corrected chi connectivity index (χ0v) is 36.1. The van der Waals surface area contributed by atoms with Crippen molar-refractivity contribution < 1.29 is 76.1 Å². The van der Waals surface area contributed by atoms with Crippen LogP contribution in [-0.4, -0.2) is 122 Å². The van der Waals surface area contributed by atoms with Crippen LogP contribution in [0.5, 0.6) is 11.5 Å². The van der Waals surface area contributed by atoms with Gasteiger partial charge in [-0.15, -0.1) is 0 Å². The topological polar surface area (TPSA) is 210 Å². The molecule has 3 amide bonds. The van der Waals surface area contributed by atoms with Crippen LogP contribution < -0.4 is 14.8 Å². The van der Waals surface area contributed by atoms with Crippen LogP contribution in [0.1, 0.15) is 85.9 Å². The maximum absolute atomic E-state index is 14.4. The summed E-state index contributed by atoms with van der Waals surface area (Å²) in [5.74, 6) is -3.45. The minimum atomic E-state index is -1.76. The Morgan fingerprint density at radius 1 is 0.734 bits per heavy atom. The molecule has 64 heavy (non-hydrogen) atoms. The quantitative estimate of drug-likeness (QED) is 0.0926. The largest absolute Gasteiger partial charge is 0.497 e. The summed E-state index contributed by atoms with van der Waals surface area (Å²) >= 11 is 0. The zero-order valence-electron chi connectivity index (χ0n) is 36.1. The van der Waals surface area contributed by atoms with Gasteiger partial charge in [-0.25, -0.2) is 0 Å². The highest BCUT2D eigenvalue weighted by atomic mass is 16.8. The lowest BCUT2D eigenvalue weighted by Gasteiger charge is -2.52. The van der Waals surface area contributed by atoms with E-state index in [2.05, 4.69) is 5.32 Å². The van der Waals surface area contributed by atoms with Crippen molar-refractivity contribution in [2.24, 2.45) is 0 Å². The number of rotatable bonds is 16. The molecule has 7 rings (SSSR count). The van der Waals surface area contributed by atoms with Gasteiger partial charge in [0.15, 0.2) is 24.8 Å². The highest BCUT2D eigenvalue weighted by Crippen LogP contribution is 2.41. The summed E-state index contributed by atoms with van der Waals surface area (Å²) < 4.78 is 61.8. The number of nitrogens with zero attached hydrogens (tertiary/aromatic N) is 1. The molecular formula is C46H52N2O16. The molecule has 0 spiro atoms. The van der Waals surface area contributed by atoms with Crippen molar-refractivity contribution in [3.63, 3.8) is 0 Å². The Bertz CT molecular complexity index is 2120. The van der Waals surface area contributed by atoms with Gasteiger partial charge in [0.25, 0.3) is 11.8 Å². The molecule has 3 fully saturated rings. The molecule has 11 atom stereocenters. The fourth-order valence-electron chi connectivity index (χ4n) is 8.25. The second-order valence-electron chi connectivity index (χ2n) is 15.7. The molecular weight excluding hydrogens is 837 g/mol. The summed E-state index contributed by atoms with van der Waals surface area (Å²) in [5.41, 5.74) is 0.761. The summed E-state index contributed by atoms with van der Waals surface area (Å²) in [7, 11) is 1.53. The molecule has 0 saturated carbocycles. The van der Waals surface area contributed by atoms with E-state index in [1.807, 2.05) is 37.3 Å². The lowest BCUT2D eigenvalue weighted by Crippen LogP contribution is -2.72. The second-order valence-corrected chi connectivity index (χ2v) is 15.7. The van der Waals surface area contributed by atoms with Gasteiger partial charge >= 0.3 is 17.9 Å². The van der Waals surface area contributed by atoms with Gasteiger partial charge in [-0.3, -0.25) is 33.7 Å². The molecule has 4 heterocycles. The molecule has 0 bridgehead atoms. The number of carbonyl (C=O) groups excluding carboxylic acids is 6. The van der Waals surface area contributed by atoms with Crippen LogP contribution in [0.15, 0.2) is 78.9 Å². The minimum Gasteiger partial charge on any atom is -0.497 e. The molecule has 18 nitrogen and oxygen atoms in total. The molecule has 4 aliphatic rings. The van der Waals surface area contributed by atoms with Gasteiger partial charge in [-0.05, 0) is 42.8 Å². The Balaban J connectivity index is 1.36. The summed E-state index contributed by atoms with van der Waals surface area (Å²) in [5, 5.41) is 3.06. The number of fused-ring (bicyclic) bond motifs is 2. The number of esters is 3. The Morgan fingerprint density at radius 3 is 2.00 bits per heavy atom. The predicted octanol–water partition coefficient (Wildman–Crippen LogP) is 4.18. The molecule has 18 heteroatoms. The Kier molecular flexibility index (Phi) is 14.9. The smallest absolute Gasteiger partial charge is 0.303 e. The third-order valence-corrected chi connectivity index (χ3v) is 11.1. The van der Waals surface area contributed by atoms with E-state index in [1.165, 1.54) is 19.2 Å². The summed E-state index contributed by atoms with van der Waals surface area (Å²) in [6, 6.07) is 19.0. The average molecular weight is 889 g/mol. The van der Waals surface area contributed by atoms with Crippen molar-refractivity contribution in [2.75, 3.05) is 20.3 Å². The number of nitrogens with one attached hydrogen (secondary N) is 1. The van der Waals surface area contributed by atoms with Gasteiger partial charge in [0.1, 0.15) is 54.6 Å². The van der Waals surface area contributed by atoms with Gasteiger partial charge in [0, 0.05) is 32.8 Å². The first kappa shape index (κ1) is 46.1. The van der Waals surface area contributed by atoms with Crippen molar-refractivity contribution in [1.29, 1.82) is 0 Å². The van der Waals surface area contributed by atoms with Gasteiger partial charge in [-0.1, -0.05) is 62.2 Å². The highest BCUT2D eigenvalue weighted by Gasteiger charge is 2.60. The Labute approximate surface area is 369 Å². The number of hydrogen-bond acceptors (Lipinski definition) is 16. The SMILES string of the molecule is CCCCCC(=O)N[C@H]1[C@H](Oc2ccc(OC)cc2)O[C@@H]2COC(c3ccccc3)O[C@H]2[C@@H]1O[C@@H]1O[C@H](COC(C)=O)[C@@H](OC(C)=O)[C@H](OC(C)=O)[C@H]1N1C(=O)c2ccccc2C1=O. The van der Waals surface area contributed by atoms with Crippen molar-refractivity contribution in [3.8, 4) is 11.5 Å². The summed E-state index contributed by atoms with van der Waals surface area (Å²) in [4.78, 5) is 81.5. The van der Waals surface area contributed by atoms with E-state index in [4.69, 9.17) is 47.4 Å². The number of unbranched alkanes of at least 4 members (excludes halogenated alkanes) is 2. The van der Waals surface area contributed by atoms with E-state index in [-0.39, 0.29) is 30.1 Å². The fourth-order valence-corrected chi connectivity index (χ4v) is 8.25. The van der Waals surface area contributed by atoms with Crippen LogP contribution >= 0.6 is 0 Å². The molecule has 342 valence electrons. The predicted molar refractivity (Wildman–Crippen MR) is 220 cm³/mol. The standard InChI is InChI=1S/C46H52N2O16/c1-6-7-9-18-35(52)47-36-40(38-34(24-57-44(63-38)28-14-10-8-11-15-28)61-45(36)60-30-21-19-29(55-5)20-22-30)64-46-37(48-42(53)31-16-12-13-17-32(31)43(48)54)41(59-27(4)51)39(58-26(3)50)33(62-46)23-56-25(2)49/h8,10-17,19-22,33-34,36-41,44-46H,6-7,9,18,23-24H2,1-5H3,(H,47,52)/t33-,34-,36-,37-,38-,39-,40-,41-,44?,45-,46+/m1/s1. The normalized spacial score (nSPS) is 28.6. The highest BCUT2D eigenvalue weighted by molar-refractivity contribution is 6.21. The molecule has 3 aromatic carbocycles. The van der Waals surface area contributed by atoms with E-state index in [9.17, 15) is 28.8 Å². The van der Waals surface area contributed by atoms with Crippen LogP contribution in [0.25, 0.3) is 0 Å². The first-order valence-corrected chi connectivity index (χ1v) is 21.2. The number of carbonyl (C=O) groups is 6.